The van der Waals surface area contributed by atoms with Gasteiger partial charge in [0, 0.05) is 17.0 Å². The summed E-state index contributed by atoms with van der Waals surface area (Å²) in [7, 11) is 0. The molecule has 0 aliphatic heterocycles. The van der Waals surface area contributed by atoms with E-state index in [4.69, 9.17) is 5.11 Å². The summed E-state index contributed by atoms with van der Waals surface area (Å²) in [6, 6.07) is 3.68. The zero-order valence-corrected chi connectivity index (χ0v) is 12.0. The van der Waals surface area contributed by atoms with E-state index in [1.807, 2.05) is 0 Å². The molecule has 0 aliphatic rings. The number of carbonyl (C=O) groups is 2. The van der Waals surface area contributed by atoms with Gasteiger partial charge >= 0.3 is 5.97 Å². The third kappa shape index (κ3) is 5.26. The molecule has 1 unspecified atom stereocenters. The second-order valence-corrected chi connectivity index (χ2v) is 5.36. The number of carbonyl (C=O) groups excluding carboxylic acids is 1. The first kappa shape index (κ1) is 15.4. The first-order valence-electron chi connectivity index (χ1n) is 6.38. The second kappa shape index (κ2) is 7.74. The van der Waals surface area contributed by atoms with Crippen LogP contribution >= 0.6 is 11.3 Å². The lowest BCUT2D eigenvalue weighted by Crippen LogP contribution is -2.33. The number of carboxylic acid groups (broad SMARTS) is 1. The number of rotatable bonds is 7. The van der Waals surface area contributed by atoms with E-state index in [1.165, 1.54) is 17.4 Å². The minimum Gasteiger partial charge on any atom is -0.478 e. The van der Waals surface area contributed by atoms with Crippen LogP contribution in [0.3, 0.4) is 0 Å². The number of aliphatic carboxylic acids is 1. The monoisotopic (exact) mass is 281 g/mol. The molecule has 2 N–H and O–H groups in total. The zero-order valence-electron chi connectivity index (χ0n) is 11.2. The van der Waals surface area contributed by atoms with Crippen molar-refractivity contribution in [1.82, 2.24) is 5.32 Å². The predicted octanol–water partition coefficient (Wildman–Crippen LogP) is 3.15. The number of amides is 1. The van der Waals surface area contributed by atoms with Crippen molar-refractivity contribution in [2.24, 2.45) is 0 Å². The lowest BCUT2D eigenvalue weighted by Gasteiger charge is -2.15. The number of hydrogen-bond donors (Lipinski definition) is 2. The largest absolute Gasteiger partial charge is 0.478 e. The summed E-state index contributed by atoms with van der Waals surface area (Å²) in [6.45, 7) is 4.14. The quantitative estimate of drug-likeness (QED) is 0.754. The Bertz CT molecular complexity index is 465. The summed E-state index contributed by atoms with van der Waals surface area (Å²) >= 11 is 1.29. The molecule has 0 fully saturated rings. The van der Waals surface area contributed by atoms with Gasteiger partial charge in [-0.15, -0.1) is 11.3 Å². The van der Waals surface area contributed by atoms with Gasteiger partial charge in [0.15, 0.2) is 0 Å². The van der Waals surface area contributed by atoms with Crippen LogP contribution in [0, 0.1) is 0 Å². The second-order valence-electron chi connectivity index (χ2n) is 4.24. The zero-order chi connectivity index (χ0) is 14.3. The summed E-state index contributed by atoms with van der Waals surface area (Å²) in [4.78, 5) is 23.8. The van der Waals surface area contributed by atoms with E-state index in [1.54, 1.807) is 12.1 Å². The van der Waals surface area contributed by atoms with Gasteiger partial charge in [-0.2, -0.15) is 0 Å². The van der Waals surface area contributed by atoms with E-state index < -0.39 is 5.97 Å². The topological polar surface area (TPSA) is 66.4 Å². The molecular formula is C14H19NO3S. The van der Waals surface area contributed by atoms with Crippen molar-refractivity contribution in [1.29, 1.82) is 0 Å². The lowest BCUT2D eigenvalue weighted by molar-refractivity contribution is -0.131. The Morgan fingerprint density at radius 3 is 2.74 bits per heavy atom. The molecule has 1 atom stereocenters. The summed E-state index contributed by atoms with van der Waals surface area (Å²) in [5, 5.41) is 11.5. The SMILES string of the molecule is CCCC(CC)NC(=O)c1ccc(C=CC(=O)O)s1. The maximum Gasteiger partial charge on any atom is 0.328 e. The van der Waals surface area contributed by atoms with Crippen LogP contribution in [0.15, 0.2) is 18.2 Å². The number of hydrogen-bond acceptors (Lipinski definition) is 3. The van der Waals surface area contributed by atoms with Crippen molar-refractivity contribution in [3.8, 4) is 0 Å². The molecule has 0 radical (unpaired) electrons. The standard InChI is InChI=1S/C14H19NO3S/c1-3-5-10(4-2)15-14(18)12-8-6-11(19-12)7-9-13(16)17/h6-10H,3-5H2,1-2H3,(H,15,18)(H,16,17). The van der Waals surface area contributed by atoms with Crippen LogP contribution in [0.5, 0.6) is 0 Å². The van der Waals surface area contributed by atoms with Crippen molar-refractivity contribution in [2.45, 2.75) is 39.2 Å². The molecule has 104 valence electrons. The normalized spacial score (nSPS) is 12.5. The Morgan fingerprint density at radius 2 is 2.16 bits per heavy atom. The Hall–Kier alpha value is -1.62. The van der Waals surface area contributed by atoms with E-state index in [9.17, 15) is 9.59 Å². The van der Waals surface area contributed by atoms with Crippen molar-refractivity contribution < 1.29 is 14.7 Å². The van der Waals surface area contributed by atoms with Crippen LogP contribution in [-0.4, -0.2) is 23.0 Å². The minimum atomic E-state index is -0.992. The summed E-state index contributed by atoms with van der Waals surface area (Å²) < 4.78 is 0. The molecule has 5 heteroatoms. The van der Waals surface area contributed by atoms with E-state index in [0.29, 0.717) is 4.88 Å². The van der Waals surface area contributed by atoms with Crippen LogP contribution in [0.1, 0.15) is 47.7 Å². The molecule has 19 heavy (non-hydrogen) atoms. The van der Waals surface area contributed by atoms with Crippen molar-refractivity contribution >= 4 is 29.3 Å². The van der Waals surface area contributed by atoms with Crippen LogP contribution < -0.4 is 5.32 Å². The van der Waals surface area contributed by atoms with Crippen molar-refractivity contribution in [3.05, 3.63) is 28.0 Å². The van der Waals surface area contributed by atoms with Gasteiger partial charge < -0.3 is 10.4 Å². The fourth-order valence-corrected chi connectivity index (χ4v) is 2.52. The maximum atomic E-state index is 12.0. The van der Waals surface area contributed by atoms with Crippen molar-refractivity contribution in [3.63, 3.8) is 0 Å². The highest BCUT2D eigenvalue weighted by atomic mass is 32.1. The Balaban J connectivity index is 2.65. The number of thiophene rings is 1. The molecule has 1 heterocycles. The Labute approximate surface area is 117 Å². The highest BCUT2D eigenvalue weighted by Gasteiger charge is 2.13. The molecule has 0 saturated carbocycles. The van der Waals surface area contributed by atoms with E-state index in [2.05, 4.69) is 19.2 Å². The molecular weight excluding hydrogens is 262 g/mol. The summed E-state index contributed by atoms with van der Waals surface area (Å²) in [5.41, 5.74) is 0. The Kier molecular flexibility index (Phi) is 6.29. The van der Waals surface area contributed by atoms with Gasteiger partial charge in [-0.05, 0) is 31.1 Å². The van der Waals surface area contributed by atoms with Gasteiger partial charge in [-0.25, -0.2) is 4.79 Å². The van der Waals surface area contributed by atoms with Gasteiger partial charge in [-0.3, -0.25) is 4.79 Å². The van der Waals surface area contributed by atoms with Gasteiger partial charge in [0.1, 0.15) is 0 Å². The molecule has 4 nitrogen and oxygen atoms in total. The van der Waals surface area contributed by atoms with Crippen LogP contribution in [-0.2, 0) is 4.79 Å². The molecule has 0 spiro atoms. The fraction of sp³-hybridized carbons (Fsp3) is 0.429. The number of carboxylic acids is 1. The molecule has 1 aromatic rings. The van der Waals surface area contributed by atoms with E-state index >= 15 is 0 Å². The van der Waals surface area contributed by atoms with Crippen molar-refractivity contribution in [2.75, 3.05) is 0 Å². The fourth-order valence-electron chi connectivity index (χ4n) is 1.70. The molecule has 1 amide bonds. The summed E-state index contributed by atoms with van der Waals surface area (Å²) in [6.07, 6.45) is 5.48. The summed E-state index contributed by atoms with van der Waals surface area (Å²) in [5.74, 6) is -1.08. The van der Waals surface area contributed by atoms with Crippen LogP contribution in [0.25, 0.3) is 6.08 Å². The van der Waals surface area contributed by atoms with Crippen LogP contribution in [0.4, 0.5) is 0 Å². The average molecular weight is 281 g/mol. The first-order valence-corrected chi connectivity index (χ1v) is 7.20. The molecule has 1 aromatic heterocycles. The Morgan fingerprint density at radius 1 is 1.42 bits per heavy atom. The van der Waals surface area contributed by atoms with Gasteiger partial charge in [-0.1, -0.05) is 20.3 Å². The molecule has 0 aromatic carbocycles. The third-order valence-electron chi connectivity index (χ3n) is 2.71. The first-order chi connectivity index (χ1) is 9.06. The number of nitrogens with one attached hydrogen (secondary N) is 1. The van der Waals surface area contributed by atoms with Crippen LogP contribution in [0.2, 0.25) is 0 Å². The maximum absolute atomic E-state index is 12.0. The average Bonchev–Trinajstić information content (AvgIpc) is 2.84. The highest BCUT2D eigenvalue weighted by molar-refractivity contribution is 7.14. The lowest BCUT2D eigenvalue weighted by atomic mass is 10.1. The third-order valence-corrected chi connectivity index (χ3v) is 3.76. The predicted molar refractivity (Wildman–Crippen MR) is 77.4 cm³/mol. The smallest absolute Gasteiger partial charge is 0.328 e. The highest BCUT2D eigenvalue weighted by Crippen LogP contribution is 2.18. The van der Waals surface area contributed by atoms with E-state index in [-0.39, 0.29) is 11.9 Å². The van der Waals surface area contributed by atoms with E-state index in [0.717, 1.165) is 30.2 Å². The molecule has 0 saturated heterocycles. The molecule has 0 bridgehead atoms. The van der Waals surface area contributed by atoms with Gasteiger partial charge in [0.25, 0.3) is 5.91 Å². The van der Waals surface area contributed by atoms with Gasteiger partial charge in [0.05, 0.1) is 4.88 Å². The molecule has 1 rings (SSSR count). The minimum absolute atomic E-state index is 0.0831. The van der Waals surface area contributed by atoms with Gasteiger partial charge in [0.2, 0.25) is 0 Å². The molecule has 0 aliphatic carbocycles.